The number of hydrogen-bond donors (Lipinski definition) is 1. The van der Waals surface area contributed by atoms with E-state index >= 15 is 0 Å². The minimum Gasteiger partial charge on any atom is -0.298 e. The minimum absolute atomic E-state index is 0.0925. The molecule has 4 nitrogen and oxygen atoms in total. The highest BCUT2D eigenvalue weighted by atomic mass is 32.1. The highest BCUT2D eigenvalue weighted by molar-refractivity contribution is 7.16. The molecule has 1 aliphatic carbocycles. The lowest BCUT2D eigenvalue weighted by Gasteiger charge is -2.11. The van der Waals surface area contributed by atoms with Gasteiger partial charge in [0.25, 0.3) is 5.56 Å². The zero-order valence-electron chi connectivity index (χ0n) is 9.66. The lowest BCUT2D eigenvalue weighted by Crippen LogP contribution is -2.37. The maximum Gasteiger partial charge on any atom is 0.329 e. The second kappa shape index (κ2) is 3.84. The predicted molar refractivity (Wildman–Crippen MR) is 68.9 cm³/mol. The van der Waals surface area contributed by atoms with Gasteiger partial charge in [-0.2, -0.15) is 0 Å². The van der Waals surface area contributed by atoms with Crippen molar-refractivity contribution in [3.05, 3.63) is 31.8 Å². The summed E-state index contributed by atoms with van der Waals surface area (Å²) in [5.74, 6) is 0. The van der Waals surface area contributed by atoms with E-state index in [1.807, 2.05) is 12.3 Å². The first kappa shape index (κ1) is 10.8. The zero-order chi connectivity index (χ0) is 12.0. The maximum absolute atomic E-state index is 12.4. The van der Waals surface area contributed by atoms with Crippen LogP contribution in [0.1, 0.15) is 37.3 Å². The van der Waals surface area contributed by atoms with Crippen LogP contribution in [0.15, 0.2) is 15.0 Å². The summed E-state index contributed by atoms with van der Waals surface area (Å²) in [7, 11) is 0. The largest absolute Gasteiger partial charge is 0.329 e. The van der Waals surface area contributed by atoms with E-state index in [4.69, 9.17) is 0 Å². The number of aromatic nitrogens is 2. The summed E-state index contributed by atoms with van der Waals surface area (Å²) in [5, 5.41) is 2.60. The molecule has 0 aromatic carbocycles. The van der Waals surface area contributed by atoms with Gasteiger partial charge in [0.1, 0.15) is 4.83 Å². The fourth-order valence-electron chi connectivity index (χ4n) is 2.67. The van der Waals surface area contributed by atoms with Gasteiger partial charge < -0.3 is 0 Å². The summed E-state index contributed by atoms with van der Waals surface area (Å²) >= 11 is 1.42. The Balaban J connectivity index is 2.33. The van der Waals surface area contributed by atoms with Crippen LogP contribution >= 0.6 is 11.3 Å². The molecule has 0 amide bonds. The summed E-state index contributed by atoms with van der Waals surface area (Å²) in [6, 6.07) is 0.0925. The number of nitrogens with one attached hydrogen (secondary N) is 1. The number of H-pyrrole nitrogens is 1. The number of thiophene rings is 1. The second-order valence-electron chi connectivity index (χ2n) is 4.67. The molecule has 1 aliphatic rings. The molecule has 2 aromatic heterocycles. The van der Waals surface area contributed by atoms with Crippen LogP contribution < -0.4 is 11.2 Å². The Kier molecular flexibility index (Phi) is 2.43. The van der Waals surface area contributed by atoms with Gasteiger partial charge in [-0.15, -0.1) is 11.3 Å². The molecule has 3 rings (SSSR count). The van der Waals surface area contributed by atoms with Gasteiger partial charge in [0.05, 0.1) is 5.39 Å². The Hall–Kier alpha value is -1.36. The first-order valence-electron chi connectivity index (χ1n) is 5.91. The third kappa shape index (κ3) is 1.57. The molecule has 90 valence electrons. The second-order valence-corrected chi connectivity index (χ2v) is 5.55. The Morgan fingerprint density at radius 3 is 2.76 bits per heavy atom. The molecular weight excluding hydrogens is 236 g/mol. The Labute approximate surface area is 102 Å². The zero-order valence-corrected chi connectivity index (χ0v) is 10.5. The molecule has 0 aliphatic heterocycles. The standard InChI is InChI=1S/C12H14N2O2S/c1-7-6-17-10-9(7)11(15)14(12(16)13-10)8-4-2-3-5-8/h6,8H,2-5H2,1H3,(H,13,16). The lowest BCUT2D eigenvalue weighted by atomic mass is 10.2. The first-order chi connectivity index (χ1) is 8.18. The van der Waals surface area contributed by atoms with Gasteiger partial charge in [0, 0.05) is 6.04 Å². The maximum atomic E-state index is 12.4. The predicted octanol–water partition coefficient (Wildman–Crippen LogP) is 2.17. The van der Waals surface area contributed by atoms with Crippen LogP contribution in [0.5, 0.6) is 0 Å². The van der Waals surface area contributed by atoms with Gasteiger partial charge >= 0.3 is 5.69 Å². The molecule has 1 saturated carbocycles. The van der Waals surface area contributed by atoms with Crippen molar-refractivity contribution >= 4 is 21.6 Å². The van der Waals surface area contributed by atoms with Gasteiger partial charge in [-0.05, 0) is 30.7 Å². The number of aromatic amines is 1. The van der Waals surface area contributed by atoms with Crippen molar-refractivity contribution in [3.63, 3.8) is 0 Å². The Morgan fingerprint density at radius 2 is 2.06 bits per heavy atom. The van der Waals surface area contributed by atoms with Gasteiger partial charge in [0.2, 0.25) is 0 Å². The average molecular weight is 250 g/mol. The minimum atomic E-state index is -0.253. The average Bonchev–Trinajstić information content (AvgIpc) is 2.89. The van der Waals surface area contributed by atoms with E-state index in [1.54, 1.807) is 0 Å². The van der Waals surface area contributed by atoms with Crippen LogP contribution in [0.3, 0.4) is 0 Å². The van der Waals surface area contributed by atoms with E-state index in [2.05, 4.69) is 4.98 Å². The van der Waals surface area contributed by atoms with Gasteiger partial charge in [0.15, 0.2) is 0 Å². The van der Waals surface area contributed by atoms with Gasteiger partial charge in [-0.3, -0.25) is 14.3 Å². The number of aryl methyl sites for hydroxylation is 1. The molecule has 5 heteroatoms. The van der Waals surface area contributed by atoms with E-state index in [-0.39, 0.29) is 17.3 Å². The summed E-state index contributed by atoms with van der Waals surface area (Å²) in [5.41, 5.74) is 0.587. The molecule has 1 fully saturated rings. The van der Waals surface area contributed by atoms with E-state index in [0.29, 0.717) is 10.2 Å². The van der Waals surface area contributed by atoms with Crippen molar-refractivity contribution in [2.45, 2.75) is 38.6 Å². The van der Waals surface area contributed by atoms with E-state index in [9.17, 15) is 9.59 Å². The normalized spacial score (nSPS) is 17.0. The smallest absolute Gasteiger partial charge is 0.298 e. The van der Waals surface area contributed by atoms with Gasteiger partial charge in [-0.1, -0.05) is 12.8 Å². The van der Waals surface area contributed by atoms with Crippen LogP contribution in [0.25, 0.3) is 10.2 Å². The Bertz CT molecular complexity index is 674. The molecule has 0 saturated heterocycles. The lowest BCUT2D eigenvalue weighted by molar-refractivity contribution is 0.483. The quantitative estimate of drug-likeness (QED) is 0.843. The third-order valence-electron chi connectivity index (χ3n) is 3.54. The van der Waals surface area contributed by atoms with Crippen LogP contribution in [-0.4, -0.2) is 9.55 Å². The number of nitrogens with zero attached hydrogens (tertiary/aromatic N) is 1. The molecule has 0 atom stereocenters. The third-order valence-corrected chi connectivity index (χ3v) is 4.55. The number of fused-ring (bicyclic) bond motifs is 1. The van der Waals surface area contributed by atoms with Crippen molar-refractivity contribution in [2.75, 3.05) is 0 Å². The summed E-state index contributed by atoms with van der Waals surface area (Å²) in [4.78, 5) is 27.9. The first-order valence-corrected chi connectivity index (χ1v) is 6.79. The van der Waals surface area contributed by atoms with Crippen LogP contribution in [0.2, 0.25) is 0 Å². The van der Waals surface area contributed by atoms with Crippen LogP contribution in [0.4, 0.5) is 0 Å². The summed E-state index contributed by atoms with van der Waals surface area (Å²) in [6.07, 6.45) is 4.10. The molecule has 0 unspecified atom stereocenters. The van der Waals surface area contributed by atoms with Crippen molar-refractivity contribution < 1.29 is 0 Å². The molecule has 1 N–H and O–H groups in total. The van der Waals surface area contributed by atoms with Crippen molar-refractivity contribution in [1.82, 2.24) is 9.55 Å². The SMILES string of the molecule is Cc1csc2[nH]c(=O)n(C3CCCC3)c(=O)c12. The van der Waals surface area contributed by atoms with Gasteiger partial charge in [-0.25, -0.2) is 4.79 Å². The topological polar surface area (TPSA) is 54.9 Å². The monoisotopic (exact) mass is 250 g/mol. The highest BCUT2D eigenvalue weighted by Crippen LogP contribution is 2.28. The van der Waals surface area contributed by atoms with E-state index in [0.717, 1.165) is 31.2 Å². The molecule has 2 aromatic rings. The molecule has 0 spiro atoms. The van der Waals surface area contributed by atoms with Crippen LogP contribution in [0, 0.1) is 6.92 Å². The summed E-state index contributed by atoms with van der Waals surface area (Å²) in [6.45, 7) is 1.91. The molecular formula is C12H14N2O2S. The van der Waals surface area contributed by atoms with E-state index in [1.165, 1.54) is 15.9 Å². The van der Waals surface area contributed by atoms with Crippen molar-refractivity contribution in [1.29, 1.82) is 0 Å². The fourth-order valence-corrected chi connectivity index (χ4v) is 3.59. The summed E-state index contributed by atoms with van der Waals surface area (Å²) < 4.78 is 1.43. The number of hydrogen-bond acceptors (Lipinski definition) is 3. The molecule has 0 bridgehead atoms. The number of rotatable bonds is 1. The van der Waals surface area contributed by atoms with Crippen LogP contribution in [-0.2, 0) is 0 Å². The Morgan fingerprint density at radius 1 is 1.35 bits per heavy atom. The highest BCUT2D eigenvalue weighted by Gasteiger charge is 2.22. The molecule has 0 radical (unpaired) electrons. The van der Waals surface area contributed by atoms with Crippen molar-refractivity contribution in [2.24, 2.45) is 0 Å². The molecule has 2 heterocycles. The fraction of sp³-hybridized carbons (Fsp3) is 0.500. The molecule has 17 heavy (non-hydrogen) atoms. The van der Waals surface area contributed by atoms with E-state index < -0.39 is 0 Å². The van der Waals surface area contributed by atoms with Crippen molar-refractivity contribution in [3.8, 4) is 0 Å².